The average molecular weight is 211 g/mol. The van der Waals surface area contributed by atoms with Crippen molar-refractivity contribution in [3.05, 3.63) is 0 Å². The van der Waals surface area contributed by atoms with Crippen LogP contribution in [0.3, 0.4) is 0 Å². The van der Waals surface area contributed by atoms with E-state index in [0.717, 1.165) is 12.8 Å². The average Bonchev–Trinajstić information content (AvgIpc) is 2.77. The van der Waals surface area contributed by atoms with E-state index in [1.54, 1.807) is 7.11 Å². The van der Waals surface area contributed by atoms with Gasteiger partial charge < -0.3 is 9.47 Å². The number of piperidine rings is 1. The van der Waals surface area contributed by atoms with Gasteiger partial charge in [0.2, 0.25) is 5.79 Å². The van der Waals surface area contributed by atoms with Crippen LogP contribution in [0.1, 0.15) is 19.8 Å². The van der Waals surface area contributed by atoms with Crippen molar-refractivity contribution < 1.29 is 14.3 Å². The van der Waals surface area contributed by atoms with Gasteiger partial charge in [-0.15, -0.1) is 0 Å². The molecule has 6 heteroatoms. The van der Waals surface area contributed by atoms with E-state index in [2.05, 4.69) is 17.3 Å². The summed E-state index contributed by atoms with van der Waals surface area (Å²) >= 11 is 0. The Morgan fingerprint density at radius 3 is 3.20 bits per heavy atom. The third-order valence-corrected chi connectivity index (χ3v) is 3.54. The summed E-state index contributed by atoms with van der Waals surface area (Å²) in [6.45, 7) is 2.07. The molecule has 0 saturated carbocycles. The molecule has 0 aromatic carbocycles. The van der Waals surface area contributed by atoms with Crippen molar-refractivity contribution in [2.75, 3.05) is 7.11 Å². The van der Waals surface area contributed by atoms with Crippen LogP contribution in [-0.4, -0.2) is 42.0 Å². The van der Waals surface area contributed by atoms with Crippen LogP contribution in [0.5, 0.6) is 0 Å². The predicted molar refractivity (Wildman–Crippen MR) is 48.8 cm³/mol. The van der Waals surface area contributed by atoms with E-state index in [1.807, 2.05) is 5.01 Å². The summed E-state index contributed by atoms with van der Waals surface area (Å²) in [6, 6.07) is -0.368. The number of carbonyl (C=O) groups excluding carboxylic acids is 1. The molecule has 0 amide bonds. The van der Waals surface area contributed by atoms with Crippen molar-refractivity contribution in [3.63, 3.8) is 0 Å². The second kappa shape index (κ2) is 2.69. The van der Waals surface area contributed by atoms with E-state index >= 15 is 0 Å². The highest BCUT2D eigenvalue weighted by atomic mass is 16.7. The van der Waals surface area contributed by atoms with Gasteiger partial charge in [-0.3, -0.25) is 5.01 Å². The summed E-state index contributed by atoms with van der Waals surface area (Å²) in [5.74, 6) is -1.14. The molecule has 0 radical (unpaired) electrons. The molecule has 15 heavy (non-hydrogen) atoms. The van der Waals surface area contributed by atoms with Crippen LogP contribution in [-0.2, 0) is 14.3 Å². The Labute approximate surface area is 87.2 Å². The van der Waals surface area contributed by atoms with Crippen LogP contribution in [0.25, 0.3) is 0 Å². The van der Waals surface area contributed by atoms with Crippen LogP contribution in [0.4, 0.5) is 0 Å². The number of carbonyl (C=O) groups is 1. The SMILES string of the molecule is CO[C@]12CC[C@H](C)N3N=N[C@H](C(=O)O1)[C@@H]32. The molecule has 2 saturated heterocycles. The standard InChI is InChI=1S/C9H13N3O3/c1-5-3-4-9(14-2)7-6(8(13)15-9)10-11-12(5)7/h5-7H,3-4H2,1-2H3/t5-,6-,7+,9+/m0/s1. The van der Waals surface area contributed by atoms with Crippen molar-refractivity contribution in [1.29, 1.82) is 0 Å². The lowest BCUT2D eigenvalue weighted by Crippen LogP contribution is -2.57. The molecule has 3 aliphatic rings. The Hall–Kier alpha value is -1.17. The van der Waals surface area contributed by atoms with Crippen LogP contribution >= 0.6 is 0 Å². The molecule has 0 aliphatic carbocycles. The van der Waals surface area contributed by atoms with Gasteiger partial charge in [0.05, 0.1) is 0 Å². The van der Waals surface area contributed by atoms with Crippen LogP contribution < -0.4 is 0 Å². The third kappa shape index (κ3) is 0.949. The first kappa shape index (κ1) is 9.08. The first-order valence-electron chi connectivity index (χ1n) is 5.15. The second-order valence-corrected chi connectivity index (χ2v) is 4.30. The minimum atomic E-state index is -0.822. The molecule has 0 aromatic heterocycles. The number of esters is 1. The molecule has 3 aliphatic heterocycles. The maximum atomic E-state index is 11.6. The lowest BCUT2D eigenvalue weighted by atomic mass is 9.90. The zero-order valence-electron chi connectivity index (χ0n) is 8.71. The zero-order valence-corrected chi connectivity index (χ0v) is 8.71. The van der Waals surface area contributed by atoms with Crippen molar-refractivity contribution in [2.24, 2.45) is 10.3 Å². The van der Waals surface area contributed by atoms with Crippen molar-refractivity contribution in [1.82, 2.24) is 5.01 Å². The number of ether oxygens (including phenoxy) is 2. The molecule has 6 nitrogen and oxygen atoms in total. The predicted octanol–water partition coefficient (Wildman–Crippen LogP) is 0.488. The van der Waals surface area contributed by atoms with Crippen LogP contribution in [0.2, 0.25) is 0 Å². The van der Waals surface area contributed by atoms with Crippen LogP contribution in [0, 0.1) is 0 Å². The molecule has 0 bridgehead atoms. The van der Waals surface area contributed by atoms with E-state index in [0.29, 0.717) is 6.04 Å². The molecular formula is C9H13N3O3. The zero-order chi connectivity index (χ0) is 10.6. The highest BCUT2D eigenvalue weighted by molar-refractivity contribution is 5.80. The molecule has 2 fully saturated rings. The fraction of sp³-hybridized carbons (Fsp3) is 0.889. The number of hydrogen-bond acceptors (Lipinski definition) is 6. The van der Waals surface area contributed by atoms with E-state index in [9.17, 15) is 4.79 Å². The second-order valence-electron chi connectivity index (χ2n) is 4.30. The molecule has 3 rings (SSSR count). The van der Waals surface area contributed by atoms with Gasteiger partial charge in [0.25, 0.3) is 0 Å². The summed E-state index contributed by atoms with van der Waals surface area (Å²) in [7, 11) is 1.57. The fourth-order valence-electron chi connectivity index (χ4n) is 2.66. The van der Waals surface area contributed by atoms with Crippen molar-refractivity contribution >= 4 is 5.97 Å². The van der Waals surface area contributed by atoms with E-state index in [4.69, 9.17) is 9.47 Å². The molecular weight excluding hydrogens is 198 g/mol. The van der Waals surface area contributed by atoms with Gasteiger partial charge in [-0.1, -0.05) is 5.22 Å². The summed E-state index contributed by atoms with van der Waals surface area (Å²) < 4.78 is 10.7. The largest absolute Gasteiger partial charge is 0.429 e. The first-order chi connectivity index (χ1) is 7.18. The van der Waals surface area contributed by atoms with E-state index in [-0.39, 0.29) is 12.0 Å². The van der Waals surface area contributed by atoms with E-state index < -0.39 is 11.8 Å². The molecule has 0 aromatic rings. The minimum absolute atomic E-state index is 0.168. The molecule has 0 unspecified atom stereocenters. The van der Waals surface area contributed by atoms with Gasteiger partial charge in [0.15, 0.2) is 6.04 Å². The summed E-state index contributed by atoms with van der Waals surface area (Å²) in [5.41, 5.74) is 0. The Kier molecular flexibility index (Phi) is 1.63. The smallest absolute Gasteiger partial charge is 0.338 e. The van der Waals surface area contributed by atoms with Gasteiger partial charge in [-0.05, 0) is 13.3 Å². The number of methoxy groups -OCH3 is 1. The quantitative estimate of drug-likeness (QED) is 0.592. The van der Waals surface area contributed by atoms with Crippen molar-refractivity contribution in [3.8, 4) is 0 Å². The van der Waals surface area contributed by atoms with Gasteiger partial charge in [-0.2, -0.15) is 5.11 Å². The highest BCUT2D eigenvalue weighted by Crippen LogP contribution is 2.45. The maximum Gasteiger partial charge on any atom is 0.338 e. The molecule has 0 N–H and O–H groups in total. The third-order valence-electron chi connectivity index (χ3n) is 3.54. The van der Waals surface area contributed by atoms with Gasteiger partial charge in [0, 0.05) is 19.6 Å². The normalized spacial score (nSPS) is 46.9. The minimum Gasteiger partial charge on any atom is -0.429 e. The summed E-state index contributed by atoms with van der Waals surface area (Å²) in [6.07, 6.45) is 1.61. The maximum absolute atomic E-state index is 11.6. The highest BCUT2D eigenvalue weighted by Gasteiger charge is 2.64. The molecule has 4 atom stereocenters. The summed E-state index contributed by atoms with van der Waals surface area (Å²) in [4.78, 5) is 11.6. The van der Waals surface area contributed by atoms with Crippen LogP contribution in [0.15, 0.2) is 10.3 Å². The van der Waals surface area contributed by atoms with Gasteiger partial charge in [0.1, 0.15) is 6.04 Å². The lowest BCUT2D eigenvalue weighted by Gasteiger charge is -2.42. The number of nitrogens with zero attached hydrogens (tertiary/aromatic N) is 3. The lowest BCUT2D eigenvalue weighted by molar-refractivity contribution is -0.237. The van der Waals surface area contributed by atoms with Gasteiger partial charge in [-0.25, -0.2) is 4.79 Å². The Morgan fingerprint density at radius 1 is 1.67 bits per heavy atom. The molecule has 3 heterocycles. The molecule has 82 valence electrons. The Bertz CT molecular complexity index is 345. The Morgan fingerprint density at radius 2 is 2.47 bits per heavy atom. The monoisotopic (exact) mass is 211 g/mol. The van der Waals surface area contributed by atoms with Gasteiger partial charge >= 0.3 is 5.97 Å². The molecule has 0 spiro atoms. The van der Waals surface area contributed by atoms with E-state index in [1.165, 1.54) is 0 Å². The summed E-state index contributed by atoms with van der Waals surface area (Å²) in [5, 5.41) is 9.85. The number of rotatable bonds is 1. The first-order valence-corrected chi connectivity index (χ1v) is 5.15. The number of hydrogen-bond donors (Lipinski definition) is 0. The van der Waals surface area contributed by atoms with Crippen molar-refractivity contribution in [2.45, 2.75) is 43.7 Å². The topological polar surface area (TPSA) is 63.5 Å². The Balaban J connectivity index is 2.03. The fourth-order valence-corrected chi connectivity index (χ4v) is 2.66.